The van der Waals surface area contributed by atoms with E-state index in [0.29, 0.717) is 35.1 Å². The lowest BCUT2D eigenvalue weighted by molar-refractivity contribution is -0.124. The maximum atomic E-state index is 12.1. The van der Waals surface area contributed by atoms with Crippen molar-refractivity contribution in [3.05, 3.63) is 60.7 Å². The lowest BCUT2D eigenvalue weighted by atomic mass is 10.2. The average molecular weight is 411 g/mol. The van der Waals surface area contributed by atoms with E-state index in [-0.39, 0.29) is 18.7 Å². The van der Waals surface area contributed by atoms with Crippen molar-refractivity contribution in [2.75, 3.05) is 26.1 Å². The first-order valence-corrected chi connectivity index (χ1v) is 9.24. The maximum Gasteiger partial charge on any atom is 0.240 e. The number of hydrogen-bond acceptors (Lipinski definition) is 6. The molecule has 0 saturated heterocycles. The zero-order valence-electron chi connectivity index (χ0n) is 17.0. The Hall–Kier alpha value is -3.81. The Morgan fingerprint density at radius 2 is 1.70 bits per heavy atom. The minimum Gasteiger partial charge on any atom is -0.495 e. The van der Waals surface area contributed by atoms with Crippen LogP contribution in [-0.2, 0) is 9.59 Å². The molecule has 8 nitrogen and oxygen atoms in total. The van der Waals surface area contributed by atoms with Gasteiger partial charge >= 0.3 is 0 Å². The number of ether oxygens (including phenoxy) is 3. The van der Waals surface area contributed by atoms with Gasteiger partial charge in [-0.2, -0.15) is 5.10 Å². The number of anilines is 1. The summed E-state index contributed by atoms with van der Waals surface area (Å²) in [5, 5.41) is 6.65. The fourth-order valence-electron chi connectivity index (χ4n) is 2.51. The molecule has 30 heavy (non-hydrogen) atoms. The van der Waals surface area contributed by atoms with E-state index in [2.05, 4.69) is 22.4 Å². The molecular weight excluding hydrogens is 386 g/mol. The van der Waals surface area contributed by atoms with Crippen molar-refractivity contribution in [3.8, 4) is 17.2 Å². The molecule has 0 radical (unpaired) electrons. The van der Waals surface area contributed by atoms with Crippen LogP contribution in [0, 0.1) is 0 Å². The minimum absolute atomic E-state index is 0.00621. The van der Waals surface area contributed by atoms with E-state index in [1.807, 2.05) is 0 Å². The van der Waals surface area contributed by atoms with E-state index in [9.17, 15) is 9.59 Å². The number of benzene rings is 2. The minimum atomic E-state index is -0.391. The molecule has 0 saturated carbocycles. The summed E-state index contributed by atoms with van der Waals surface area (Å²) in [6.07, 6.45) is 3.06. The van der Waals surface area contributed by atoms with Crippen LogP contribution in [0.2, 0.25) is 0 Å². The first-order chi connectivity index (χ1) is 14.6. The van der Waals surface area contributed by atoms with Crippen LogP contribution < -0.4 is 25.0 Å². The molecule has 158 valence electrons. The molecule has 2 rings (SSSR count). The molecule has 0 bridgehead atoms. The molecular formula is C22H25N3O5. The number of carbonyl (C=O) groups excluding carboxylic acids is 2. The summed E-state index contributed by atoms with van der Waals surface area (Å²) in [5.74, 6) is 0.895. The van der Waals surface area contributed by atoms with Crippen LogP contribution in [-0.4, -0.2) is 38.9 Å². The number of amides is 2. The van der Waals surface area contributed by atoms with Crippen molar-refractivity contribution in [3.63, 3.8) is 0 Å². The summed E-state index contributed by atoms with van der Waals surface area (Å²) in [7, 11) is 3.06. The van der Waals surface area contributed by atoms with Gasteiger partial charge in [0, 0.05) is 18.4 Å². The Balaban J connectivity index is 1.88. The lowest BCUT2D eigenvalue weighted by Gasteiger charge is -2.11. The third-order valence-electron chi connectivity index (χ3n) is 3.93. The molecule has 0 fully saturated rings. The topological polar surface area (TPSA) is 98.2 Å². The van der Waals surface area contributed by atoms with E-state index in [4.69, 9.17) is 14.2 Å². The van der Waals surface area contributed by atoms with Gasteiger partial charge in [0.05, 0.1) is 26.1 Å². The van der Waals surface area contributed by atoms with Crippen LogP contribution in [0.1, 0.15) is 18.4 Å². The Labute approximate surface area is 175 Å². The summed E-state index contributed by atoms with van der Waals surface area (Å²) in [6.45, 7) is 3.92. The molecule has 0 atom stereocenters. The second kappa shape index (κ2) is 11.9. The third-order valence-corrected chi connectivity index (χ3v) is 3.93. The molecule has 2 aromatic rings. The van der Waals surface area contributed by atoms with Crippen molar-refractivity contribution in [2.45, 2.75) is 12.8 Å². The number of nitrogens with zero attached hydrogens (tertiary/aromatic N) is 1. The summed E-state index contributed by atoms with van der Waals surface area (Å²) < 4.78 is 16.1. The number of rotatable bonds is 11. The van der Waals surface area contributed by atoms with Crippen LogP contribution in [0.5, 0.6) is 17.2 Å². The largest absolute Gasteiger partial charge is 0.495 e. The van der Waals surface area contributed by atoms with E-state index in [1.54, 1.807) is 48.5 Å². The van der Waals surface area contributed by atoms with Gasteiger partial charge in [-0.1, -0.05) is 30.9 Å². The van der Waals surface area contributed by atoms with Gasteiger partial charge in [0.1, 0.15) is 12.4 Å². The number of nitrogens with one attached hydrogen (secondary N) is 2. The van der Waals surface area contributed by atoms with E-state index in [1.165, 1.54) is 20.4 Å². The third kappa shape index (κ3) is 6.66. The summed E-state index contributed by atoms with van der Waals surface area (Å²) in [4.78, 5) is 24.1. The Morgan fingerprint density at radius 1 is 1.00 bits per heavy atom. The highest BCUT2D eigenvalue weighted by atomic mass is 16.5. The van der Waals surface area contributed by atoms with Crippen molar-refractivity contribution in [2.24, 2.45) is 5.10 Å². The fraction of sp³-hybridized carbons (Fsp3) is 0.227. The average Bonchev–Trinajstić information content (AvgIpc) is 2.77. The van der Waals surface area contributed by atoms with Crippen molar-refractivity contribution < 1.29 is 23.8 Å². The van der Waals surface area contributed by atoms with Crippen LogP contribution in [0.25, 0.3) is 0 Å². The quantitative estimate of drug-likeness (QED) is 0.336. The summed E-state index contributed by atoms with van der Waals surface area (Å²) in [6, 6.07) is 12.4. The number of hydrogen-bond donors (Lipinski definition) is 2. The van der Waals surface area contributed by atoms with E-state index >= 15 is 0 Å². The monoisotopic (exact) mass is 411 g/mol. The normalized spacial score (nSPS) is 10.3. The zero-order valence-corrected chi connectivity index (χ0v) is 17.0. The first-order valence-electron chi connectivity index (χ1n) is 9.24. The molecule has 0 unspecified atom stereocenters. The van der Waals surface area contributed by atoms with Gasteiger partial charge in [-0.3, -0.25) is 9.59 Å². The highest BCUT2D eigenvalue weighted by Gasteiger charge is 2.11. The van der Waals surface area contributed by atoms with Crippen LogP contribution in [0.4, 0.5) is 5.69 Å². The van der Waals surface area contributed by atoms with Gasteiger partial charge in [0.2, 0.25) is 11.8 Å². The van der Waals surface area contributed by atoms with Gasteiger partial charge < -0.3 is 19.5 Å². The SMILES string of the molecule is C=CCOc1c(C=NNC(=O)CCC(=O)Nc2ccccc2OC)cccc1OC. The maximum absolute atomic E-state index is 12.1. The second-order valence-corrected chi connectivity index (χ2v) is 6.02. The molecule has 2 N–H and O–H groups in total. The van der Waals surface area contributed by atoms with Gasteiger partial charge in [0.25, 0.3) is 0 Å². The molecule has 0 aliphatic heterocycles. The molecule has 0 heterocycles. The predicted octanol–water partition coefficient (Wildman–Crippen LogP) is 3.14. The molecule has 0 aliphatic rings. The fourth-order valence-corrected chi connectivity index (χ4v) is 2.51. The smallest absolute Gasteiger partial charge is 0.240 e. The van der Waals surface area contributed by atoms with E-state index < -0.39 is 5.91 Å². The van der Waals surface area contributed by atoms with Gasteiger partial charge in [0.15, 0.2) is 11.5 Å². The number of methoxy groups -OCH3 is 2. The molecule has 8 heteroatoms. The van der Waals surface area contributed by atoms with Crippen molar-refractivity contribution in [1.29, 1.82) is 0 Å². The lowest BCUT2D eigenvalue weighted by Crippen LogP contribution is -2.20. The van der Waals surface area contributed by atoms with Crippen LogP contribution >= 0.6 is 0 Å². The molecule has 2 aromatic carbocycles. The Bertz CT molecular complexity index is 911. The number of para-hydroxylation sites is 3. The Kier molecular flexibility index (Phi) is 8.92. The number of hydrazone groups is 1. The Morgan fingerprint density at radius 3 is 2.43 bits per heavy atom. The standard InChI is InChI=1S/C22H25N3O5/c1-4-14-30-22-16(8-7-11-19(22)29-3)15-23-25-21(27)13-12-20(26)24-17-9-5-6-10-18(17)28-2/h4-11,15H,1,12-14H2,2-3H3,(H,24,26)(H,25,27). The van der Waals surface area contributed by atoms with Gasteiger partial charge in [-0.25, -0.2) is 5.43 Å². The molecule has 0 aromatic heterocycles. The molecule has 0 spiro atoms. The van der Waals surface area contributed by atoms with Gasteiger partial charge in [-0.15, -0.1) is 0 Å². The van der Waals surface area contributed by atoms with E-state index in [0.717, 1.165) is 0 Å². The van der Waals surface area contributed by atoms with Crippen LogP contribution in [0.15, 0.2) is 60.2 Å². The summed E-state index contributed by atoms with van der Waals surface area (Å²) in [5.41, 5.74) is 3.58. The molecule has 2 amide bonds. The van der Waals surface area contributed by atoms with Crippen molar-refractivity contribution >= 4 is 23.7 Å². The zero-order chi connectivity index (χ0) is 21.8. The highest BCUT2D eigenvalue weighted by molar-refractivity contribution is 5.94. The molecule has 0 aliphatic carbocycles. The number of carbonyl (C=O) groups is 2. The second-order valence-electron chi connectivity index (χ2n) is 6.02. The highest BCUT2D eigenvalue weighted by Crippen LogP contribution is 2.30. The predicted molar refractivity (Wildman–Crippen MR) is 115 cm³/mol. The first kappa shape index (κ1) is 22.5. The van der Waals surface area contributed by atoms with Crippen molar-refractivity contribution in [1.82, 2.24) is 5.43 Å². The van der Waals surface area contributed by atoms with Crippen LogP contribution in [0.3, 0.4) is 0 Å². The van der Waals surface area contributed by atoms with Gasteiger partial charge in [-0.05, 0) is 24.3 Å². The summed E-state index contributed by atoms with van der Waals surface area (Å²) >= 11 is 0.